The van der Waals surface area contributed by atoms with Gasteiger partial charge in [-0.05, 0) is 18.2 Å². The fourth-order valence-corrected chi connectivity index (χ4v) is 3.43. The Morgan fingerprint density at radius 3 is 2.59 bits per heavy atom. The van der Waals surface area contributed by atoms with Gasteiger partial charge in [-0.15, -0.1) is 0 Å². The summed E-state index contributed by atoms with van der Waals surface area (Å²) in [4.78, 5) is 44.7. The molecular formula is C19H11N3O5. The van der Waals surface area contributed by atoms with Crippen molar-refractivity contribution in [1.82, 2.24) is 15.0 Å². The number of phenolic OH excluding ortho intramolecular Hbond substituents is 1. The van der Waals surface area contributed by atoms with Gasteiger partial charge in [0.1, 0.15) is 11.1 Å². The van der Waals surface area contributed by atoms with E-state index in [4.69, 9.17) is 4.42 Å². The molecule has 0 fully saturated rings. The molecule has 0 saturated carbocycles. The predicted molar refractivity (Wildman–Crippen MR) is 99.3 cm³/mol. The molecule has 1 aliphatic heterocycles. The third-order valence-electron chi connectivity index (χ3n) is 4.58. The van der Waals surface area contributed by atoms with E-state index in [2.05, 4.69) is 15.0 Å². The number of fused-ring (bicyclic) bond motifs is 3. The quantitative estimate of drug-likeness (QED) is 0.340. The summed E-state index contributed by atoms with van der Waals surface area (Å²) in [5.41, 5.74) is -0.402. The minimum Gasteiger partial charge on any atom is -0.504 e. The number of hydrogen-bond acceptors (Lipinski definition) is 5. The van der Waals surface area contributed by atoms with Crippen LogP contribution in [-0.2, 0) is 0 Å². The SMILES string of the molecule is O=c1[nH]c(=O)c2c(-c3c[nH]c4ccccc34)c3c(=O)c(O)ccc-3oc2[nH]1. The zero-order valence-electron chi connectivity index (χ0n) is 13.6. The van der Waals surface area contributed by atoms with Crippen LogP contribution in [0.5, 0.6) is 5.75 Å². The summed E-state index contributed by atoms with van der Waals surface area (Å²) in [6.07, 6.45) is 1.67. The van der Waals surface area contributed by atoms with E-state index >= 15 is 0 Å². The van der Waals surface area contributed by atoms with Crippen molar-refractivity contribution >= 4 is 22.0 Å². The van der Waals surface area contributed by atoms with Gasteiger partial charge in [0.05, 0.1) is 5.56 Å². The molecule has 2 aromatic heterocycles. The molecule has 3 aromatic rings. The molecule has 1 aromatic carbocycles. The van der Waals surface area contributed by atoms with Crippen LogP contribution in [0.4, 0.5) is 0 Å². The lowest BCUT2D eigenvalue weighted by atomic mass is 9.94. The molecule has 132 valence electrons. The highest BCUT2D eigenvalue weighted by Gasteiger charge is 2.25. The van der Waals surface area contributed by atoms with Crippen LogP contribution in [-0.4, -0.2) is 20.1 Å². The van der Waals surface area contributed by atoms with Crippen molar-refractivity contribution in [3.63, 3.8) is 0 Å². The van der Waals surface area contributed by atoms with Gasteiger partial charge in [0.2, 0.25) is 11.1 Å². The van der Waals surface area contributed by atoms with Gasteiger partial charge in [-0.1, -0.05) is 18.2 Å². The average Bonchev–Trinajstić information content (AvgIpc) is 3.07. The van der Waals surface area contributed by atoms with Crippen LogP contribution in [0, 0.1) is 0 Å². The van der Waals surface area contributed by atoms with E-state index in [9.17, 15) is 19.5 Å². The molecule has 0 atom stereocenters. The van der Waals surface area contributed by atoms with Crippen molar-refractivity contribution in [3.05, 3.63) is 73.7 Å². The Bertz CT molecular complexity index is 1500. The normalized spacial score (nSPS) is 11.6. The van der Waals surface area contributed by atoms with Gasteiger partial charge in [0.15, 0.2) is 5.75 Å². The molecule has 1 aliphatic carbocycles. The Kier molecular flexibility index (Phi) is 2.94. The van der Waals surface area contributed by atoms with Crippen molar-refractivity contribution in [2.45, 2.75) is 0 Å². The molecule has 0 spiro atoms. The molecule has 8 heteroatoms. The molecule has 0 saturated heterocycles. The molecule has 4 N–H and O–H groups in total. The molecule has 8 nitrogen and oxygen atoms in total. The van der Waals surface area contributed by atoms with Gasteiger partial charge >= 0.3 is 5.69 Å². The molecule has 3 heterocycles. The predicted octanol–water partition coefficient (Wildman–Crippen LogP) is 2.13. The molecule has 0 bridgehead atoms. The monoisotopic (exact) mass is 361 g/mol. The van der Waals surface area contributed by atoms with Crippen molar-refractivity contribution < 1.29 is 9.52 Å². The van der Waals surface area contributed by atoms with Crippen molar-refractivity contribution in [2.75, 3.05) is 0 Å². The van der Waals surface area contributed by atoms with Crippen molar-refractivity contribution in [1.29, 1.82) is 0 Å². The maximum absolute atomic E-state index is 12.7. The standard InChI is InChI=1S/C19H11N3O5/c23-11-5-6-12-14(16(11)24)13(9-7-20-10-4-2-1-3-8(9)10)15-17(25)21-19(26)22-18(15)27-12/h1-7,20,23H,(H2,21,22,25,26). The van der Waals surface area contributed by atoms with Crippen molar-refractivity contribution in [3.8, 4) is 28.2 Å². The molecule has 27 heavy (non-hydrogen) atoms. The van der Waals surface area contributed by atoms with E-state index in [1.54, 1.807) is 6.20 Å². The Labute approximate surface area is 149 Å². The minimum atomic E-state index is -0.721. The zero-order valence-corrected chi connectivity index (χ0v) is 13.6. The van der Waals surface area contributed by atoms with Crippen molar-refractivity contribution in [2.24, 2.45) is 0 Å². The van der Waals surface area contributed by atoms with Gasteiger partial charge in [-0.2, -0.15) is 0 Å². The number of rotatable bonds is 1. The first-order chi connectivity index (χ1) is 13.0. The number of phenols is 1. The van der Waals surface area contributed by atoms with Gasteiger partial charge in [0, 0.05) is 28.2 Å². The molecule has 0 amide bonds. The van der Waals surface area contributed by atoms with E-state index in [1.165, 1.54) is 12.1 Å². The summed E-state index contributed by atoms with van der Waals surface area (Å²) in [6.45, 7) is 0. The number of nitrogens with one attached hydrogen (secondary N) is 3. The van der Waals surface area contributed by atoms with Gasteiger partial charge in [-0.25, -0.2) is 4.79 Å². The summed E-state index contributed by atoms with van der Waals surface area (Å²) in [6, 6.07) is 10.0. The van der Waals surface area contributed by atoms with E-state index < -0.39 is 22.4 Å². The Balaban J connectivity index is 2.12. The largest absolute Gasteiger partial charge is 0.504 e. The van der Waals surface area contributed by atoms with E-state index in [0.717, 1.165) is 10.9 Å². The smallest absolute Gasteiger partial charge is 0.328 e. The van der Waals surface area contributed by atoms with Crippen LogP contribution >= 0.6 is 0 Å². The first-order valence-corrected chi connectivity index (χ1v) is 8.06. The number of hydrogen-bond donors (Lipinski definition) is 4. The minimum absolute atomic E-state index is 0.0227. The maximum atomic E-state index is 12.7. The lowest BCUT2D eigenvalue weighted by Gasteiger charge is -2.13. The molecule has 5 rings (SSSR count). The zero-order chi connectivity index (χ0) is 18.7. The topological polar surface area (TPSA) is 132 Å². The van der Waals surface area contributed by atoms with Gasteiger partial charge in [-0.3, -0.25) is 19.6 Å². The highest BCUT2D eigenvalue weighted by molar-refractivity contribution is 6.08. The molecule has 0 radical (unpaired) electrons. The summed E-state index contributed by atoms with van der Waals surface area (Å²) in [5, 5.41) is 10.7. The fourth-order valence-electron chi connectivity index (χ4n) is 3.43. The Morgan fingerprint density at radius 2 is 1.74 bits per heavy atom. The third-order valence-corrected chi connectivity index (χ3v) is 4.58. The van der Waals surface area contributed by atoms with Crippen LogP contribution in [0.3, 0.4) is 0 Å². The van der Waals surface area contributed by atoms with Crippen LogP contribution in [0.2, 0.25) is 0 Å². The third kappa shape index (κ3) is 2.07. The first-order valence-electron chi connectivity index (χ1n) is 8.06. The van der Waals surface area contributed by atoms with E-state index in [1.807, 2.05) is 24.3 Å². The fraction of sp³-hybridized carbons (Fsp3) is 0. The van der Waals surface area contributed by atoms with E-state index in [-0.39, 0.29) is 28.0 Å². The number of H-pyrrole nitrogens is 3. The second-order valence-electron chi connectivity index (χ2n) is 6.12. The van der Waals surface area contributed by atoms with Gasteiger partial charge < -0.3 is 14.5 Å². The van der Waals surface area contributed by atoms with E-state index in [0.29, 0.717) is 5.56 Å². The molecule has 2 aliphatic rings. The molecular weight excluding hydrogens is 350 g/mol. The summed E-state index contributed by atoms with van der Waals surface area (Å²) in [5.74, 6) is -0.314. The second-order valence-corrected chi connectivity index (χ2v) is 6.12. The summed E-state index contributed by atoms with van der Waals surface area (Å²) >= 11 is 0. The van der Waals surface area contributed by atoms with Gasteiger partial charge in [0.25, 0.3) is 5.56 Å². The number of benzene rings is 2. The Morgan fingerprint density at radius 1 is 0.926 bits per heavy atom. The lowest BCUT2D eigenvalue weighted by molar-refractivity contribution is 0.469. The summed E-state index contributed by atoms with van der Waals surface area (Å²) < 4.78 is 5.60. The number of aromatic hydroxyl groups is 1. The Hall–Kier alpha value is -4.07. The van der Waals surface area contributed by atoms with Crippen LogP contribution in [0.15, 0.2) is 61.4 Å². The number of para-hydroxylation sites is 1. The highest BCUT2D eigenvalue weighted by atomic mass is 16.3. The maximum Gasteiger partial charge on any atom is 0.328 e. The average molecular weight is 361 g/mol. The summed E-state index contributed by atoms with van der Waals surface area (Å²) in [7, 11) is 0. The van der Waals surface area contributed by atoms with Crippen LogP contribution in [0.1, 0.15) is 0 Å². The van der Waals surface area contributed by atoms with Crippen LogP contribution < -0.4 is 16.7 Å². The van der Waals surface area contributed by atoms with Crippen LogP contribution in [0.25, 0.3) is 44.5 Å². The first kappa shape index (κ1) is 15.2. The lowest BCUT2D eigenvalue weighted by Crippen LogP contribution is -2.23. The second kappa shape index (κ2) is 5.21. The highest BCUT2D eigenvalue weighted by Crippen LogP contribution is 2.39. The molecule has 0 unspecified atom stereocenters. The number of aromatic nitrogens is 3. The number of aromatic amines is 3.